The van der Waals surface area contributed by atoms with E-state index in [1.165, 1.54) is 12.0 Å². The van der Waals surface area contributed by atoms with Crippen LogP contribution in [-0.2, 0) is 19.1 Å². The zero-order chi connectivity index (χ0) is 29.0. The van der Waals surface area contributed by atoms with Crippen LogP contribution in [0.2, 0.25) is 0 Å². The van der Waals surface area contributed by atoms with Crippen molar-refractivity contribution in [2.45, 2.75) is 33.7 Å². The van der Waals surface area contributed by atoms with Crippen LogP contribution in [0.4, 0.5) is 0 Å². The number of benzene rings is 1. The number of aromatic amines is 1. The summed E-state index contributed by atoms with van der Waals surface area (Å²) < 4.78 is 21.8. The molecule has 0 saturated carbocycles. The molecular formula is C29H37N3O8. The number of morpholine rings is 1. The van der Waals surface area contributed by atoms with E-state index in [9.17, 15) is 19.5 Å². The molecule has 2 aromatic rings. The van der Waals surface area contributed by atoms with Crippen LogP contribution >= 0.6 is 0 Å². The summed E-state index contributed by atoms with van der Waals surface area (Å²) >= 11 is 0. The molecule has 0 bridgehead atoms. The summed E-state index contributed by atoms with van der Waals surface area (Å²) in [6.45, 7) is 11.0. The summed E-state index contributed by atoms with van der Waals surface area (Å²) in [5.74, 6) is -1.46. The number of hydrogen-bond donors (Lipinski definition) is 2. The fourth-order valence-electron chi connectivity index (χ4n) is 5.31. The monoisotopic (exact) mass is 555 g/mol. The number of esters is 1. The Bertz CT molecular complexity index is 1310. The summed E-state index contributed by atoms with van der Waals surface area (Å²) in [6, 6.07) is 4.33. The lowest BCUT2D eigenvalue weighted by atomic mass is 9.93. The molecule has 3 heterocycles. The Labute approximate surface area is 233 Å². The van der Waals surface area contributed by atoms with E-state index in [-0.39, 0.29) is 35.7 Å². The molecule has 1 aromatic carbocycles. The molecule has 0 radical (unpaired) electrons. The van der Waals surface area contributed by atoms with Crippen LogP contribution in [0, 0.1) is 13.8 Å². The zero-order valence-electron chi connectivity index (χ0n) is 23.7. The number of rotatable bonds is 10. The standard InChI is InChI=1S/C29H37N3O8/c1-6-39-20-9-8-19(16-21(20)37-5)25-23(26(33)22-17(3)24(30-18(22)4)29(36)40-7-2)27(34)28(35)32(25)11-10-31-12-14-38-15-13-31/h8-9,16,25,30,33H,6-7,10-15H2,1-5H3/b26-23+. The molecule has 2 fully saturated rings. The molecule has 1 amide bonds. The number of H-pyrrole nitrogens is 1. The van der Waals surface area contributed by atoms with Crippen LogP contribution in [0.25, 0.3) is 5.76 Å². The van der Waals surface area contributed by atoms with Crippen LogP contribution in [0.5, 0.6) is 11.5 Å². The van der Waals surface area contributed by atoms with Gasteiger partial charge < -0.3 is 33.9 Å². The van der Waals surface area contributed by atoms with Crippen molar-refractivity contribution < 1.29 is 38.4 Å². The number of amides is 1. The molecule has 11 nitrogen and oxygen atoms in total. The van der Waals surface area contributed by atoms with Crippen LogP contribution in [0.1, 0.15) is 52.8 Å². The molecule has 2 saturated heterocycles. The summed E-state index contributed by atoms with van der Waals surface area (Å²) in [5, 5.41) is 11.7. The van der Waals surface area contributed by atoms with Crippen molar-refractivity contribution >= 4 is 23.4 Å². The summed E-state index contributed by atoms with van der Waals surface area (Å²) in [7, 11) is 1.51. The number of methoxy groups -OCH3 is 1. The molecule has 216 valence electrons. The van der Waals surface area contributed by atoms with Crippen LogP contribution < -0.4 is 9.47 Å². The number of nitrogens with one attached hydrogen (secondary N) is 1. The van der Waals surface area contributed by atoms with Crippen LogP contribution in [-0.4, -0.2) is 97.3 Å². The first-order valence-electron chi connectivity index (χ1n) is 13.5. The molecule has 2 N–H and O–H groups in total. The van der Waals surface area contributed by atoms with Gasteiger partial charge in [-0.1, -0.05) is 6.07 Å². The Morgan fingerprint density at radius 3 is 2.48 bits per heavy atom. The third-order valence-corrected chi connectivity index (χ3v) is 7.26. The topological polar surface area (TPSA) is 131 Å². The summed E-state index contributed by atoms with van der Waals surface area (Å²) in [5.41, 5.74) is 1.90. The van der Waals surface area contributed by atoms with Crippen LogP contribution in [0.15, 0.2) is 23.8 Å². The van der Waals surface area contributed by atoms with E-state index in [1.807, 2.05) is 6.92 Å². The van der Waals surface area contributed by atoms with Gasteiger partial charge in [0.15, 0.2) is 11.5 Å². The SMILES string of the molecule is CCOC(=O)c1[nH]c(C)c(/C(O)=C2\C(=O)C(=O)N(CCN3CCOCC3)C2c2ccc(OCC)c(OC)c2)c1C. The minimum absolute atomic E-state index is 0.0567. The predicted octanol–water partition coefficient (Wildman–Crippen LogP) is 2.97. The number of ketones is 1. The minimum atomic E-state index is -0.884. The molecule has 40 heavy (non-hydrogen) atoms. The molecule has 0 aliphatic carbocycles. The fourth-order valence-corrected chi connectivity index (χ4v) is 5.31. The van der Waals surface area contributed by atoms with Crippen molar-refractivity contribution in [2.75, 3.05) is 59.7 Å². The highest BCUT2D eigenvalue weighted by Crippen LogP contribution is 2.43. The van der Waals surface area contributed by atoms with E-state index in [1.54, 1.807) is 39.0 Å². The number of aromatic nitrogens is 1. The quantitative estimate of drug-likeness (QED) is 0.197. The molecular weight excluding hydrogens is 518 g/mol. The maximum Gasteiger partial charge on any atom is 0.355 e. The first-order valence-corrected chi connectivity index (χ1v) is 13.5. The van der Waals surface area contributed by atoms with Crippen molar-refractivity contribution in [3.8, 4) is 11.5 Å². The fraction of sp³-hybridized carbons (Fsp3) is 0.483. The smallest absolute Gasteiger partial charge is 0.355 e. The van der Waals surface area contributed by atoms with Gasteiger partial charge in [-0.15, -0.1) is 0 Å². The molecule has 1 aromatic heterocycles. The average molecular weight is 556 g/mol. The number of likely N-dealkylation sites (tertiary alicyclic amines) is 1. The first kappa shape index (κ1) is 29.2. The molecule has 2 aliphatic rings. The predicted molar refractivity (Wildman–Crippen MR) is 147 cm³/mol. The highest BCUT2D eigenvalue weighted by molar-refractivity contribution is 6.46. The Morgan fingerprint density at radius 2 is 1.82 bits per heavy atom. The number of aryl methyl sites for hydroxylation is 1. The average Bonchev–Trinajstić information content (AvgIpc) is 3.39. The number of aliphatic hydroxyl groups excluding tert-OH is 1. The maximum atomic E-state index is 13.6. The van der Waals surface area contributed by atoms with Gasteiger partial charge >= 0.3 is 5.97 Å². The van der Waals surface area contributed by atoms with Gasteiger partial charge in [0.2, 0.25) is 0 Å². The summed E-state index contributed by atoms with van der Waals surface area (Å²) in [6.07, 6.45) is 0. The number of ether oxygens (including phenoxy) is 4. The van der Waals surface area contributed by atoms with Gasteiger partial charge in [-0.3, -0.25) is 14.5 Å². The highest BCUT2D eigenvalue weighted by atomic mass is 16.5. The van der Waals surface area contributed by atoms with Crippen molar-refractivity contribution in [2.24, 2.45) is 0 Å². The number of carbonyl (C=O) groups excluding carboxylic acids is 3. The second-order valence-electron chi connectivity index (χ2n) is 9.64. The van der Waals surface area contributed by atoms with Gasteiger partial charge in [-0.2, -0.15) is 0 Å². The maximum absolute atomic E-state index is 13.6. The van der Waals surface area contributed by atoms with Gasteiger partial charge in [0.25, 0.3) is 11.7 Å². The van der Waals surface area contributed by atoms with E-state index in [4.69, 9.17) is 18.9 Å². The molecule has 11 heteroatoms. The van der Waals surface area contributed by atoms with Gasteiger partial charge in [-0.05, 0) is 51.0 Å². The largest absolute Gasteiger partial charge is 0.507 e. The molecule has 1 unspecified atom stereocenters. The number of Topliss-reactive ketones (excluding diaryl/α,β-unsaturated/α-hetero) is 1. The van der Waals surface area contributed by atoms with E-state index in [0.29, 0.717) is 54.7 Å². The highest BCUT2D eigenvalue weighted by Gasteiger charge is 2.47. The molecule has 0 spiro atoms. The van der Waals surface area contributed by atoms with Gasteiger partial charge in [0.1, 0.15) is 11.5 Å². The Kier molecular flexibility index (Phi) is 9.16. The molecule has 1 atom stereocenters. The Morgan fingerprint density at radius 1 is 1.10 bits per heavy atom. The zero-order valence-corrected chi connectivity index (χ0v) is 23.7. The van der Waals surface area contributed by atoms with E-state index < -0.39 is 23.7 Å². The second-order valence-corrected chi connectivity index (χ2v) is 9.64. The van der Waals surface area contributed by atoms with Crippen molar-refractivity contribution in [3.63, 3.8) is 0 Å². The lowest BCUT2D eigenvalue weighted by Crippen LogP contribution is -2.42. The van der Waals surface area contributed by atoms with Gasteiger partial charge in [-0.25, -0.2) is 4.79 Å². The van der Waals surface area contributed by atoms with E-state index in [2.05, 4.69) is 9.88 Å². The number of carbonyl (C=O) groups is 3. The third kappa shape index (κ3) is 5.57. The van der Waals surface area contributed by atoms with Crippen molar-refractivity contribution in [1.82, 2.24) is 14.8 Å². The lowest BCUT2D eigenvalue weighted by molar-refractivity contribution is -0.140. The first-order chi connectivity index (χ1) is 19.2. The minimum Gasteiger partial charge on any atom is -0.507 e. The number of hydrogen-bond acceptors (Lipinski definition) is 9. The van der Waals surface area contributed by atoms with E-state index in [0.717, 1.165) is 13.1 Å². The third-order valence-electron chi connectivity index (χ3n) is 7.26. The normalized spacial score (nSPS) is 19.2. The van der Waals surface area contributed by atoms with E-state index >= 15 is 0 Å². The summed E-state index contributed by atoms with van der Waals surface area (Å²) in [4.78, 5) is 46.1. The molecule has 2 aliphatic heterocycles. The van der Waals surface area contributed by atoms with Gasteiger partial charge in [0, 0.05) is 37.4 Å². The lowest BCUT2D eigenvalue weighted by Gasteiger charge is -2.31. The Hall–Kier alpha value is -3.83. The van der Waals surface area contributed by atoms with Crippen molar-refractivity contribution in [1.29, 1.82) is 0 Å². The molecule has 4 rings (SSSR count). The van der Waals surface area contributed by atoms with Crippen LogP contribution in [0.3, 0.4) is 0 Å². The van der Waals surface area contributed by atoms with Gasteiger partial charge in [0.05, 0.1) is 45.2 Å². The Balaban J connectivity index is 1.83. The number of nitrogens with zero attached hydrogens (tertiary/aromatic N) is 2. The second kappa shape index (κ2) is 12.6. The number of aliphatic hydroxyl groups is 1. The van der Waals surface area contributed by atoms with Crippen molar-refractivity contribution in [3.05, 3.63) is 51.9 Å².